The summed E-state index contributed by atoms with van der Waals surface area (Å²) in [5.74, 6) is 1.62. The second-order valence-electron chi connectivity index (χ2n) is 5.34. The van der Waals surface area contributed by atoms with Crippen molar-refractivity contribution in [1.29, 1.82) is 0 Å². The van der Waals surface area contributed by atoms with Gasteiger partial charge < -0.3 is 19.5 Å². The summed E-state index contributed by atoms with van der Waals surface area (Å²) < 4.78 is 16.7. The molecule has 0 spiro atoms. The van der Waals surface area contributed by atoms with Crippen molar-refractivity contribution in [2.45, 2.75) is 37.3 Å². The summed E-state index contributed by atoms with van der Waals surface area (Å²) in [6.45, 7) is 0. The Hall–Kier alpha value is -1.26. The summed E-state index contributed by atoms with van der Waals surface area (Å²) in [7, 11) is 7.14. The normalized spacial score (nSPS) is 18.8. The lowest BCUT2D eigenvalue weighted by Gasteiger charge is -2.36. The van der Waals surface area contributed by atoms with Crippen LogP contribution in [0.5, 0.6) is 11.5 Å². The summed E-state index contributed by atoms with van der Waals surface area (Å²) in [5.41, 5.74) is 1.01. The SMILES string of the molecule is CNC(c1cc(OC)cc(OC)c1)C1(OC)CCCC1. The van der Waals surface area contributed by atoms with Crippen molar-refractivity contribution < 1.29 is 14.2 Å². The molecule has 0 aliphatic heterocycles. The average Bonchev–Trinajstić information content (AvgIpc) is 2.97. The first-order valence-electron chi connectivity index (χ1n) is 7.14. The Balaban J connectivity index is 2.40. The summed E-state index contributed by atoms with van der Waals surface area (Å²) >= 11 is 0. The fourth-order valence-corrected chi connectivity index (χ4v) is 3.31. The molecule has 20 heavy (non-hydrogen) atoms. The van der Waals surface area contributed by atoms with Crippen LogP contribution in [0.4, 0.5) is 0 Å². The number of ether oxygens (including phenoxy) is 3. The molecule has 0 radical (unpaired) electrons. The predicted molar refractivity (Wildman–Crippen MR) is 79.6 cm³/mol. The quantitative estimate of drug-likeness (QED) is 0.869. The number of rotatable bonds is 6. The van der Waals surface area contributed by atoms with Gasteiger partial charge in [0.05, 0.1) is 25.9 Å². The lowest BCUT2D eigenvalue weighted by molar-refractivity contribution is -0.0349. The van der Waals surface area contributed by atoms with Crippen molar-refractivity contribution in [3.63, 3.8) is 0 Å². The Bertz CT molecular complexity index is 419. The van der Waals surface area contributed by atoms with E-state index in [1.807, 2.05) is 20.2 Å². The molecule has 0 saturated heterocycles. The third-order valence-corrected chi connectivity index (χ3v) is 4.38. The first kappa shape index (κ1) is 15.1. The van der Waals surface area contributed by atoms with E-state index >= 15 is 0 Å². The molecular formula is C16H25NO3. The highest BCUT2D eigenvalue weighted by Gasteiger charge is 2.42. The van der Waals surface area contributed by atoms with Crippen LogP contribution in [0.15, 0.2) is 18.2 Å². The third-order valence-electron chi connectivity index (χ3n) is 4.38. The molecular weight excluding hydrogens is 254 g/mol. The largest absolute Gasteiger partial charge is 0.497 e. The minimum atomic E-state index is -0.133. The first-order valence-corrected chi connectivity index (χ1v) is 7.14. The molecule has 0 amide bonds. The molecule has 1 aliphatic carbocycles. The molecule has 2 rings (SSSR count). The van der Waals surface area contributed by atoms with Gasteiger partial charge in [0.2, 0.25) is 0 Å². The number of methoxy groups -OCH3 is 3. The zero-order valence-electron chi connectivity index (χ0n) is 12.9. The van der Waals surface area contributed by atoms with Crippen LogP contribution >= 0.6 is 0 Å². The number of nitrogens with one attached hydrogen (secondary N) is 1. The van der Waals surface area contributed by atoms with Crippen LogP contribution in [0.1, 0.15) is 37.3 Å². The maximum Gasteiger partial charge on any atom is 0.122 e. The van der Waals surface area contributed by atoms with E-state index in [2.05, 4.69) is 17.4 Å². The smallest absolute Gasteiger partial charge is 0.122 e. The van der Waals surface area contributed by atoms with Gasteiger partial charge in [0.15, 0.2) is 0 Å². The van der Waals surface area contributed by atoms with E-state index in [1.165, 1.54) is 12.8 Å². The monoisotopic (exact) mass is 279 g/mol. The fraction of sp³-hybridized carbons (Fsp3) is 0.625. The highest BCUT2D eigenvalue weighted by atomic mass is 16.5. The van der Waals surface area contributed by atoms with Gasteiger partial charge in [0, 0.05) is 13.2 Å². The topological polar surface area (TPSA) is 39.7 Å². The van der Waals surface area contributed by atoms with Crippen molar-refractivity contribution in [2.75, 3.05) is 28.4 Å². The standard InChI is InChI=1S/C16H25NO3/c1-17-15(16(20-4)7-5-6-8-16)12-9-13(18-2)11-14(10-12)19-3/h9-11,15,17H,5-8H2,1-4H3. The highest BCUT2D eigenvalue weighted by molar-refractivity contribution is 5.41. The van der Waals surface area contributed by atoms with Crippen LogP contribution in [0, 0.1) is 0 Å². The van der Waals surface area contributed by atoms with E-state index in [0.717, 1.165) is 29.9 Å². The first-order chi connectivity index (χ1) is 9.69. The maximum absolute atomic E-state index is 5.91. The van der Waals surface area contributed by atoms with E-state index in [4.69, 9.17) is 14.2 Å². The van der Waals surface area contributed by atoms with Crippen LogP contribution < -0.4 is 14.8 Å². The van der Waals surface area contributed by atoms with E-state index < -0.39 is 0 Å². The number of hydrogen-bond donors (Lipinski definition) is 1. The molecule has 0 aromatic heterocycles. The van der Waals surface area contributed by atoms with Crippen LogP contribution in [-0.2, 0) is 4.74 Å². The van der Waals surface area contributed by atoms with E-state index in [1.54, 1.807) is 14.2 Å². The Kier molecular flexibility index (Phi) is 4.89. The van der Waals surface area contributed by atoms with Crippen LogP contribution in [0.2, 0.25) is 0 Å². The van der Waals surface area contributed by atoms with E-state index in [9.17, 15) is 0 Å². The Morgan fingerprint density at radius 3 is 1.95 bits per heavy atom. The Morgan fingerprint density at radius 1 is 1.00 bits per heavy atom. The van der Waals surface area contributed by atoms with Gasteiger partial charge in [-0.15, -0.1) is 0 Å². The second kappa shape index (κ2) is 6.46. The van der Waals surface area contributed by atoms with E-state index in [-0.39, 0.29) is 11.6 Å². The Morgan fingerprint density at radius 2 is 1.55 bits per heavy atom. The molecule has 112 valence electrons. The molecule has 1 fully saturated rings. The molecule has 1 saturated carbocycles. The Labute approximate surface area is 121 Å². The van der Waals surface area contributed by atoms with Gasteiger partial charge >= 0.3 is 0 Å². The van der Waals surface area contributed by atoms with Crippen LogP contribution in [0.3, 0.4) is 0 Å². The lowest BCUT2D eigenvalue weighted by Crippen LogP contribution is -2.42. The van der Waals surface area contributed by atoms with Crippen molar-refractivity contribution >= 4 is 0 Å². The van der Waals surface area contributed by atoms with Gasteiger partial charge in [0.25, 0.3) is 0 Å². The second-order valence-corrected chi connectivity index (χ2v) is 5.34. The zero-order chi connectivity index (χ0) is 14.6. The van der Waals surface area contributed by atoms with Gasteiger partial charge in [-0.05, 0) is 37.6 Å². The summed E-state index contributed by atoms with van der Waals surface area (Å²) in [4.78, 5) is 0. The molecule has 4 nitrogen and oxygen atoms in total. The number of benzene rings is 1. The molecule has 0 heterocycles. The molecule has 1 aromatic rings. The predicted octanol–water partition coefficient (Wildman–Crippen LogP) is 2.92. The molecule has 1 atom stereocenters. The van der Waals surface area contributed by atoms with Gasteiger partial charge in [-0.2, -0.15) is 0 Å². The third kappa shape index (κ3) is 2.76. The summed E-state index contributed by atoms with van der Waals surface area (Å²) in [6.07, 6.45) is 4.59. The van der Waals surface area contributed by atoms with Crippen molar-refractivity contribution in [2.24, 2.45) is 0 Å². The summed E-state index contributed by atoms with van der Waals surface area (Å²) in [6, 6.07) is 6.15. The van der Waals surface area contributed by atoms with E-state index in [0.29, 0.717) is 0 Å². The lowest BCUT2D eigenvalue weighted by atomic mass is 9.86. The van der Waals surface area contributed by atoms with Gasteiger partial charge in [-0.3, -0.25) is 0 Å². The summed E-state index contributed by atoms with van der Waals surface area (Å²) in [5, 5.41) is 3.42. The minimum absolute atomic E-state index is 0.133. The number of likely N-dealkylation sites (N-methyl/N-ethyl adjacent to an activating group) is 1. The molecule has 1 N–H and O–H groups in total. The molecule has 4 heteroatoms. The molecule has 0 bridgehead atoms. The number of hydrogen-bond acceptors (Lipinski definition) is 4. The van der Waals surface area contributed by atoms with Gasteiger partial charge in [-0.1, -0.05) is 12.8 Å². The van der Waals surface area contributed by atoms with Crippen molar-refractivity contribution in [3.05, 3.63) is 23.8 Å². The van der Waals surface area contributed by atoms with Crippen LogP contribution in [0.25, 0.3) is 0 Å². The molecule has 1 aliphatic rings. The fourth-order valence-electron chi connectivity index (χ4n) is 3.31. The molecule has 1 aromatic carbocycles. The maximum atomic E-state index is 5.91. The van der Waals surface area contributed by atoms with Gasteiger partial charge in [-0.25, -0.2) is 0 Å². The van der Waals surface area contributed by atoms with Crippen LogP contribution in [-0.4, -0.2) is 34.0 Å². The average molecular weight is 279 g/mol. The van der Waals surface area contributed by atoms with Gasteiger partial charge in [0.1, 0.15) is 11.5 Å². The highest BCUT2D eigenvalue weighted by Crippen LogP contribution is 2.43. The molecule has 1 unspecified atom stereocenters. The zero-order valence-corrected chi connectivity index (χ0v) is 12.9. The van der Waals surface area contributed by atoms with Crippen molar-refractivity contribution in [1.82, 2.24) is 5.32 Å². The minimum Gasteiger partial charge on any atom is -0.497 e. The van der Waals surface area contributed by atoms with Crippen molar-refractivity contribution in [3.8, 4) is 11.5 Å².